The summed E-state index contributed by atoms with van der Waals surface area (Å²) in [6.07, 6.45) is 0.366. The predicted molar refractivity (Wildman–Crippen MR) is 54.1 cm³/mol. The lowest BCUT2D eigenvalue weighted by Gasteiger charge is -2.37. The lowest BCUT2D eigenvalue weighted by Crippen LogP contribution is -2.45. The van der Waals surface area contributed by atoms with Gasteiger partial charge in [-0.05, 0) is 12.8 Å². The highest BCUT2D eigenvalue weighted by Gasteiger charge is 2.61. The first-order valence-electron chi connectivity index (χ1n) is 5.94. The molecule has 0 aromatic heterocycles. The van der Waals surface area contributed by atoms with Crippen LogP contribution in [0.25, 0.3) is 0 Å². The van der Waals surface area contributed by atoms with Gasteiger partial charge >= 0.3 is 17.8 Å². The Labute approximate surface area is 106 Å². The normalized spacial score (nSPS) is 29.9. The molecule has 19 heavy (non-hydrogen) atoms. The molecule has 0 bridgehead atoms. The summed E-state index contributed by atoms with van der Waals surface area (Å²) < 4.78 is 62.3. The molecular formula is C11H14F4O4. The maximum atomic E-state index is 13.1. The van der Waals surface area contributed by atoms with Crippen molar-refractivity contribution in [2.45, 2.75) is 43.3 Å². The van der Waals surface area contributed by atoms with Gasteiger partial charge in [0.15, 0.2) is 5.79 Å². The number of carboxylic acids is 1. The third kappa shape index (κ3) is 2.69. The monoisotopic (exact) mass is 286 g/mol. The molecule has 1 aliphatic carbocycles. The second-order valence-corrected chi connectivity index (χ2v) is 5.01. The Morgan fingerprint density at radius 2 is 1.42 bits per heavy atom. The third-order valence-electron chi connectivity index (χ3n) is 3.66. The molecule has 1 saturated heterocycles. The van der Waals surface area contributed by atoms with E-state index < -0.39 is 42.7 Å². The first kappa shape index (κ1) is 14.5. The van der Waals surface area contributed by atoms with Crippen molar-refractivity contribution in [1.29, 1.82) is 0 Å². The molecule has 0 amide bonds. The van der Waals surface area contributed by atoms with E-state index in [1.165, 1.54) is 0 Å². The van der Waals surface area contributed by atoms with Crippen LogP contribution >= 0.6 is 0 Å². The molecule has 1 spiro atoms. The molecule has 2 rings (SSSR count). The second kappa shape index (κ2) is 4.59. The van der Waals surface area contributed by atoms with Crippen LogP contribution in [0.3, 0.4) is 0 Å². The molecule has 0 radical (unpaired) electrons. The van der Waals surface area contributed by atoms with E-state index in [1.807, 2.05) is 0 Å². The van der Waals surface area contributed by atoms with Crippen molar-refractivity contribution in [3.8, 4) is 0 Å². The fraction of sp³-hybridized carbons (Fsp3) is 0.909. The number of carbonyl (C=O) groups is 1. The Morgan fingerprint density at radius 3 is 1.79 bits per heavy atom. The standard InChI is InChI=1S/C11H14F4O4/c12-10(13)5-18-9(19-6-11(10,14)15)3-1-7(2-4-9)8(16)17/h7H,1-6H2,(H,16,17). The summed E-state index contributed by atoms with van der Waals surface area (Å²) in [4.78, 5) is 10.8. The maximum absolute atomic E-state index is 13.1. The van der Waals surface area contributed by atoms with Gasteiger partial charge in [-0.3, -0.25) is 4.79 Å². The Hall–Kier alpha value is -0.890. The minimum absolute atomic E-state index is 0.0239. The van der Waals surface area contributed by atoms with E-state index in [9.17, 15) is 22.4 Å². The first-order chi connectivity index (χ1) is 8.68. The smallest absolute Gasteiger partial charge is 0.335 e. The topological polar surface area (TPSA) is 55.8 Å². The van der Waals surface area contributed by atoms with E-state index in [0.717, 1.165) is 0 Å². The van der Waals surface area contributed by atoms with Crippen LogP contribution in [-0.2, 0) is 14.3 Å². The molecule has 0 atom stereocenters. The predicted octanol–water partition coefficient (Wildman–Crippen LogP) is 2.27. The summed E-state index contributed by atoms with van der Waals surface area (Å²) in [5.74, 6) is -11.7. The van der Waals surface area contributed by atoms with Crippen LogP contribution in [0.4, 0.5) is 17.6 Å². The number of aliphatic carboxylic acids is 1. The fourth-order valence-electron chi connectivity index (χ4n) is 2.29. The van der Waals surface area contributed by atoms with Crippen LogP contribution in [0.2, 0.25) is 0 Å². The average molecular weight is 286 g/mol. The van der Waals surface area contributed by atoms with Crippen molar-refractivity contribution < 1.29 is 36.9 Å². The van der Waals surface area contributed by atoms with Crippen molar-refractivity contribution in [2.75, 3.05) is 13.2 Å². The number of carboxylic acid groups (broad SMARTS) is 1. The van der Waals surface area contributed by atoms with Crippen LogP contribution < -0.4 is 0 Å². The van der Waals surface area contributed by atoms with Crippen molar-refractivity contribution in [2.24, 2.45) is 5.92 Å². The van der Waals surface area contributed by atoms with E-state index in [2.05, 4.69) is 0 Å². The lowest BCUT2D eigenvalue weighted by atomic mass is 9.85. The zero-order valence-electron chi connectivity index (χ0n) is 10.0. The van der Waals surface area contributed by atoms with E-state index in [4.69, 9.17) is 14.6 Å². The van der Waals surface area contributed by atoms with E-state index >= 15 is 0 Å². The molecule has 110 valence electrons. The highest BCUT2D eigenvalue weighted by atomic mass is 19.3. The summed E-state index contributed by atoms with van der Waals surface area (Å²) in [5.41, 5.74) is 0. The Bertz CT molecular complexity index is 344. The number of rotatable bonds is 1. The van der Waals surface area contributed by atoms with Crippen molar-refractivity contribution in [3.63, 3.8) is 0 Å². The van der Waals surface area contributed by atoms with Crippen LogP contribution in [0.1, 0.15) is 25.7 Å². The Balaban J connectivity index is 2.06. The number of alkyl halides is 4. The highest BCUT2D eigenvalue weighted by Crippen LogP contribution is 2.44. The van der Waals surface area contributed by atoms with Gasteiger partial charge in [0.2, 0.25) is 0 Å². The molecule has 8 heteroatoms. The molecule has 2 fully saturated rings. The molecule has 0 aromatic carbocycles. The number of hydrogen-bond acceptors (Lipinski definition) is 3. The van der Waals surface area contributed by atoms with Crippen LogP contribution in [0, 0.1) is 5.92 Å². The summed E-state index contributed by atoms with van der Waals surface area (Å²) >= 11 is 0. The van der Waals surface area contributed by atoms with Gasteiger partial charge in [-0.1, -0.05) is 0 Å². The van der Waals surface area contributed by atoms with Gasteiger partial charge in [-0.25, -0.2) is 0 Å². The van der Waals surface area contributed by atoms with E-state index in [0.29, 0.717) is 0 Å². The molecule has 0 aromatic rings. The van der Waals surface area contributed by atoms with Crippen molar-refractivity contribution in [1.82, 2.24) is 0 Å². The SMILES string of the molecule is O=C(O)C1CCC2(CC1)OCC(F)(F)C(F)(F)CO2. The van der Waals surface area contributed by atoms with Gasteiger partial charge in [-0.2, -0.15) is 17.6 Å². The number of halogens is 4. The Morgan fingerprint density at radius 1 is 1.00 bits per heavy atom. The van der Waals surface area contributed by atoms with Gasteiger partial charge in [0, 0.05) is 12.8 Å². The number of ether oxygens (including phenoxy) is 2. The average Bonchev–Trinajstić information content (AvgIpc) is 2.42. The van der Waals surface area contributed by atoms with Gasteiger partial charge < -0.3 is 14.6 Å². The summed E-state index contributed by atoms with van der Waals surface area (Å²) in [6.45, 7) is -2.84. The second-order valence-electron chi connectivity index (χ2n) is 5.01. The molecule has 0 unspecified atom stereocenters. The molecule has 4 nitrogen and oxygen atoms in total. The van der Waals surface area contributed by atoms with Gasteiger partial charge in [0.25, 0.3) is 0 Å². The molecular weight excluding hydrogens is 272 g/mol. The first-order valence-corrected chi connectivity index (χ1v) is 5.94. The molecule has 1 heterocycles. The minimum atomic E-state index is -4.28. The third-order valence-corrected chi connectivity index (χ3v) is 3.66. The van der Waals surface area contributed by atoms with Gasteiger partial charge in [0.1, 0.15) is 13.2 Å². The van der Waals surface area contributed by atoms with E-state index in [-0.39, 0.29) is 25.7 Å². The lowest BCUT2D eigenvalue weighted by molar-refractivity contribution is -0.254. The summed E-state index contributed by atoms with van der Waals surface area (Å²) in [5, 5.41) is 8.83. The minimum Gasteiger partial charge on any atom is -0.481 e. The maximum Gasteiger partial charge on any atom is 0.335 e. The van der Waals surface area contributed by atoms with Crippen molar-refractivity contribution >= 4 is 5.97 Å². The molecule has 1 saturated carbocycles. The molecule has 1 aliphatic heterocycles. The molecule has 2 aliphatic rings. The number of hydrogen-bond donors (Lipinski definition) is 1. The highest BCUT2D eigenvalue weighted by molar-refractivity contribution is 5.70. The zero-order chi connectivity index (χ0) is 14.3. The zero-order valence-corrected chi connectivity index (χ0v) is 10.0. The Kier molecular flexibility index (Phi) is 3.51. The summed E-state index contributed by atoms with van der Waals surface area (Å²) in [6, 6.07) is 0. The summed E-state index contributed by atoms with van der Waals surface area (Å²) in [7, 11) is 0. The quantitative estimate of drug-likeness (QED) is 0.751. The molecule has 1 N–H and O–H groups in total. The van der Waals surface area contributed by atoms with Crippen LogP contribution in [0.15, 0.2) is 0 Å². The van der Waals surface area contributed by atoms with Crippen LogP contribution in [0.5, 0.6) is 0 Å². The van der Waals surface area contributed by atoms with Crippen LogP contribution in [-0.4, -0.2) is 41.9 Å². The van der Waals surface area contributed by atoms with Gasteiger partial charge in [0.05, 0.1) is 5.92 Å². The van der Waals surface area contributed by atoms with Crippen molar-refractivity contribution in [3.05, 3.63) is 0 Å². The largest absolute Gasteiger partial charge is 0.481 e. The fourth-order valence-corrected chi connectivity index (χ4v) is 2.29. The van der Waals surface area contributed by atoms with E-state index in [1.54, 1.807) is 0 Å². The van der Waals surface area contributed by atoms with Gasteiger partial charge in [-0.15, -0.1) is 0 Å².